The van der Waals surface area contributed by atoms with Gasteiger partial charge in [0.1, 0.15) is 5.69 Å². The topological polar surface area (TPSA) is 80.1 Å². The van der Waals surface area contributed by atoms with Crippen LogP contribution in [0.5, 0.6) is 0 Å². The minimum atomic E-state index is -0.281. The summed E-state index contributed by atoms with van der Waals surface area (Å²) in [5, 5.41) is 6.94. The quantitative estimate of drug-likeness (QED) is 0.931. The van der Waals surface area contributed by atoms with Crippen molar-refractivity contribution in [3.05, 3.63) is 41.5 Å². The lowest BCUT2D eigenvalue weighted by molar-refractivity contribution is 0.0744. The number of rotatable bonds is 3. The van der Waals surface area contributed by atoms with E-state index in [0.717, 1.165) is 5.69 Å². The summed E-state index contributed by atoms with van der Waals surface area (Å²) in [6.07, 6.45) is 5.47. The molecule has 0 bridgehead atoms. The van der Waals surface area contributed by atoms with Crippen LogP contribution in [0.1, 0.15) is 45.3 Å². The zero-order valence-corrected chi connectivity index (χ0v) is 12.8. The summed E-state index contributed by atoms with van der Waals surface area (Å²) in [5.74, 6) is 0.144. The fourth-order valence-corrected chi connectivity index (χ4v) is 2.75. The summed E-state index contributed by atoms with van der Waals surface area (Å²) in [5.41, 5.74) is 2.39. The second-order valence-electron chi connectivity index (χ2n) is 6.06. The van der Waals surface area contributed by atoms with Gasteiger partial charge < -0.3 is 10.2 Å². The highest BCUT2D eigenvalue weighted by molar-refractivity contribution is 6.08. The fraction of sp³-hybridized carbons (Fsp3) is 0.375. The first kappa shape index (κ1) is 13.9. The van der Waals surface area contributed by atoms with Crippen molar-refractivity contribution < 1.29 is 9.59 Å². The first-order valence-electron chi connectivity index (χ1n) is 7.72. The minimum Gasteiger partial charge on any atom is -0.338 e. The molecule has 2 aliphatic rings. The number of carbonyl (C=O) groups is 2. The van der Waals surface area contributed by atoms with E-state index >= 15 is 0 Å². The van der Waals surface area contributed by atoms with Crippen molar-refractivity contribution in [3.8, 4) is 0 Å². The van der Waals surface area contributed by atoms with Crippen molar-refractivity contribution in [3.63, 3.8) is 0 Å². The lowest BCUT2D eigenvalue weighted by atomic mass is 10.2. The third-order valence-corrected chi connectivity index (χ3v) is 4.33. The van der Waals surface area contributed by atoms with E-state index in [1.165, 1.54) is 19.0 Å². The van der Waals surface area contributed by atoms with Crippen LogP contribution in [0.4, 0.5) is 5.69 Å². The average Bonchev–Trinajstić information content (AvgIpc) is 3.33. The van der Waals surface area contributed by atoms with Crippen LogP contribution in [0, 0.1) is 0 Å². The molecule has 2 amide bonds. The highest BCUT2D eigenvalue weighted by Crippen LogP contribution is 2.38. The molecule has 7 nitrogen and oxygen atoms in total. The number of nitrogens with zero attached hydrogens (tertiary/aromatic N) is 4. The molecule has 0 atom stereocenters. The second-order valence-corrected chi connectivity index (χ2v) is 6.06. The number of anilines is 1. The van der Waals surface area contributed by atoms with Crippen molar-refractivity contribution in [1.29, 1.82) is 0 Å². The third kappa shape index (κ3) is 2.48. The Morgan fingerprint density at radius 1 is 1.26 bits per heavy atom. The van der Waals surface area contributed by atoms with Crippen LogP contribution in [0.15, 0.2) is 24.5 Å². The number of hydrogen-bond donors (Lipinski definition) is 1. The smallest absolute Gasteiger partial charge is 0.274 e. The number of amides is 2. The summed E-state index contributed by atoms with van der Waals surface area (Å²) >= 11 is 0. The number of likely N-dealkylation sites (N-methyl/N-ethyl adjacent to an activating group) is 1. The molecule has 0 aromatic carbocycles. The Bertz CT molecular complexity index is 776. The third-order valence-electron chi connectivity index (χ3n) is 4.33. The van der Waals surface area contributed by atoms with Gasteiger partial charge in [0.25, 0.3) is 11.8 Å². The zero-order valence-electron chi connectivity index (χ0n) is 12.8. The largest absolute Gasteiger partial charge is 0.338 e. The molecule has 3 heterocycles. The molecule has 7 heteroatoms. The molecular weight excluding hydrogens is 294 g/mol. The summed E-state index contributed by atoms with van der Waals surface area (Å²) in [6.45, 7) is 1.25. The van der Waals surface area contributed by atoms with E-state index in [0.29, 0.717) is 36.0 Å². The standard InChI is InChI=1S/C16H17N5O2/c1-20-6-7-21-14(16(20)23)13(9-18-21)19-15(22)11-4-5-12(17-8-11)10-2-3-10/h4-5,8-10H,2-3,6-7H2,1H3,(H,19,22). The van der Waals surface area contributed by atoms with Gasteiger partial charge in [0, 0.05) is 31.4 Å². The Balaban J connectivity index is 1.55. The monoisotopic (exact) mass is 311 g/mol. The maximum Gasteiger partial charge on any atom is 0.274 e. The number of hydrogen-bond acceptors (Lipinski definition) is 4. The highest BCUT2D eigenvalue weighted by Gasteiger charge is 2.28. The van der Waals surface area contributed by atoms with Gasteiger partial charge in [-0.05, 0) is 25.0 Å². The normalized spacial score (nSPS) is 17.1. The Morgan fingerprint density at radius 3 is 2.78 bits per heavy atom. The maximum atomic E-state index is 12.4. The van der Waals surface area contributed by atoms with E-state index in [4.69, 9.17) is 0 Å². The SMILES string of the molecule is CN1CCn2ncc(NC(=O)c3ccc(C4CC4)nc3)c2C1=O. The van der Waals surface area contributed by atoms with E-state index in [2.05, 4.69) is 15.4 Å². The molecular formula is C16H17N5O2. The van der Waals surface area contributed by atoms with Crippen LogP contribution >= 0.6 is 0 Å². The van der Waals surface area contributed by atoms with Crippen molar-refractivity contribution in [1.82, 2.24) is 19.7 Å². The fourth-order valence-electron chi connectivity index (χ4n) is 2.75. The Hall–Kier alpha value is -2.70. The second kappa shape index (κ2) is 5.19. The molecule has 0 saturated heterocycles. The molecule has 1 N–H and O–H groups in total. The summed E-state index contributed by atoms with van der Waals surface area (Å²) < 4.78 is 1.63. The van der Waals surface area contributed by atoms with Gasteiger partial charge in [-0.2, -0.15) is 5.10 Å². The van der Waals surface area contributed by atoms with Crippen molar-refractivity contribution in [2.75, 3.05) is 18.9 Å². The average molecular weight is 311 g/mol. The van der Waals surface area contributed by atoms with Crippen LogP contribution < -0.4 is 5.32 Å². The predicted octanol–water partition coefficient (Wildman–Crippen LogP) is 1.49. The van der Waals surface area contributed by atoms with Crippen molar-refractivity contribution in [2.45, 2.75) is 25.3 Å². The lowest BCUT2D eigenvalue weighted by Gasteiger charge is -2.24. The first-order valence-corrected chi connectivity index (χ1v) is 7.72. The molecule has 0 unspecified atom stereocenters. The molecule has 2 aromatic heterocycles. The lowest BCUT2D eigenvalue weighted by Crippen LogP contribution is -2.38. The van der Waals surface area contributed by atoms with Gasteiger partial charge >= 0.3 is 0 Å². The zero-order chi connectivity index (χ0) is 16.0. The number of carbonyl (C=O) groups excluding carboxylic acids is 2. The molecule has 0 radical (unpaired) electrons. The minimum absolute atomic E-state index is 0.133. The van der Waals surface area contributed by atoms with Crippen molar-refractivity contribution >= 4 is 17.5 Å². The van der Waals surface area contributed by atoms with Gasteiger partial charge in [0.15, 0.2) is 0 Å². The van der Waals surface area contributed by atoms with Crippen LogP contribution in [0.3, 0.4) is 0 Å². The number of pyridine rings is 1. The summed E-state index contributed by atoms with van der Waals surface area (Å²) in [6, 6.07) is 3.68. The van der Waals surface area contributed by atoms with E-state index in [1.807, 2.05) is 6.07 Å². The van der Waals surface area contributed by atoms with Gasteiger partial charge in [0.2, 0.25) is 0 Å². The molecule has 1 fully saturated rings. The van der Waals surface area contributed by atoms with Gasteiger partial charge in [-0.1, -0.05) is 0 Å². The molecule has 118 valence electrons. The van der Waals surface area contributed by atoms with Gasteiger partial charge in [-0.15, -0.1) is 0 Å². The Morgan fingerprint density at radius 2 is 2.09 bits per heavy atom. The molecule has 4 rings (SSSR count). The van der Waals surface area contributed by atoms with Crippen molar-refractivity contribution in [2.24, 2.45) is 0 Å². The molecule has 0 spiro atoms. The van der Waals surface area contributed by atoms with Gasteiger partial charge in [0.05, 0.1) is 24.0 Å². The summed E-state index contributed by atoms with van der Waals surface area (Å²) in [7, 11) is 1.74. The van der Waals surface area contributed by atoms with E-state index in [9.17, 15) is 9.59 Å². The van der Waals surface area contributed by atoms with Gasteiger partial charge in [-0.25, -0.2) is 0 Å². The predicted molar refractivity (Wildman–Crippen MR) is 83.4 cm³/mol. The highest BCUT2D eigenvalue weighted by atomic mass is 16.2. The first-order chi connectivity index (χ1) is 11.1. The molecule has 23 heavy (non-hydrogen) atoms. The van der Waals surface area contributed by atoms with Gasteiger partial charge in [-0.3, -0.25) is 19.3 Å². The van der Waals surface area contributed by atoms with E-state index < -0.39 is 0 Å². The molecule has 1 aliphatic heterocycles. The Kier molecular flexibility index (Phi) is 3.14. The van der Waals surface area contributed by atoms with Crippen LogP contribution in [-0.4, -0.2) is 45.1 Å². The van der Waals surface area contributed by atoms with Crippen LogP contribution in [0.2, 0.25) is 0 Å². The number of nitrogens with one attached hydrogen (secondary N) is 1. The molecule has 1 saturated carbocycles. The summed E-state index contributed by atoms with van der Waals surface area (Å²) in [4.78, 5) is 30.6. The number of fused-ring (bicyclic) bond motifs is 1. The van der Waals surface area contributed by atoms with Crippen LogP contribution in [-0.2, 0) is 6.54 Å². The molecule has 1 aliphatic carbocycles. The van der Waals surface area contributed by atoms with Crippen LogP contribution in [0.25, 0.3) is 0 Å². The van der Waals surface area contributed by atoms with E-state index in [1.54, 1.807) is 28.9 Å². The maximum absolute atomic E-state index is 12.4. The number of aromatic nitrogens is 3. The Labute approximate surface area is 133 Å². The molecule has 2 aromatic rings. The van der Waals surface area contributed by atoms with E-state index in [-0.39, 0.29) is 11.8 Å².